The van der Waals surface area contributed by atoms with Crippen LogP contribution in [0.1, 0.15) is 56.4 Å². The van der Waals surface area contributed by atoms with Crippen molar-refractivity contribution in [2.24, 2.45) is 11.8 Å². The van der Waals surface area contributed by atoms with Crippen LogP contribution in [0.2, 0.25) is 0 Å². The predicted octanol–water partition coefficient (Wildman–Crippen LogP) is 1.55. The number of allylic oxidation sites excluding steroid dienone is 2. The molecule has 3 rings (SSSR count). The van der Waals surface area contributed by atoms with E-state index in [0.29, 0.717) is 31.5 Å². The number of ether oxygens (including phenoxy) is 1. The molecule has 0 aliphatic carbocycles. The molecule has 218 valence electrons. The number of hydrogen-bond acceptors (Lipinski definition) is 10. The molecular formula is C29H39N3O8. The van der Waals surface area contributed by atoms with Crippen molar-refractivity contribution < 1.29 is 38.5 Å². The quantitative estimate of drug-likeness (QED) is 0.368. The first-order valence-corrected chi connectivity index (χ1v) is 13.6. The largest absolute Gasteiger partial charge is 0.460 e. The van der Waals surface area contributed by atoms with Gasteiger partial charge in [-0.25, -0.2) is 9.78 Å². The van der Waals surface area contributed by atoms with Crippen LogP contribution in [0, 0.1) is 11.8 Å². The normalized spacial score (nSPS) is 28.2. The number of fused-ring (bicyclic) bond motifs is 3. The van der Waals surface area contributed by atoms with Gasteiger partial charge < -0.3 is 29.6 Å². The summed E-state index contributed by atoms with van der Waals surface area (Å²) >= 11 is 0. The van der Waals surface area contributed by atoms with Crippen LogP contribution in [0.15, 0.2) is 46.1 Å². The molecule has 11 nitrogen and oxygen atoms in total. The molecule has 2 bridgehead atoms. The molecule has 0 aromatic carbocycles. The summed E-state index contributed by atoms with van der Waals surface area (Å²) in [5.74, 6) is -2.18. The smallest absolute Gasteiger partial charge is 0.329 e. The Morgan fingerprint density at radius 1 is 1.27 bits per heavy atom. The minimum Gasteiger partial charge on any atom is -0.460 e. The van der Waals surface area contributed by atoms with Crippen molar-refractivity contribution in [1.82, 2.24) is 15.2 Å². The van der Waals surface area contributed by atoms with Crippen LogP contribution in [0.5, 0.6) is 0 Å². The van der Waals surface area contributed by atoms with Crippen LogP contribution in [-0.4, -0.2) is 88.5 Å². The summed E-state index contributed by atoms with van der Waals surface area (Å²) in [6.07, 6.45) is 7.74. The Kier molecular flexibility index (Phi) is 11.5. The first-order chi connectivity index (χ1) is 19.1. The standard InChI is InChI=1S/C29H39N3O8/c1-18-6-4-8-30-14-21(16-34)11-19(2)27(20(3)15-33)40-29(38)25-7-5-9-32(25)28(37)24-17-39-26(31-24)13-23(36)12-22(35)10-18/h4,6,10-11,16-17,19-20,22,25,27,30,33,35H,5,7-9,12-15H2,1-3H3/b6-4?,18-10?,21-11-/t19-,20-,22-,25-,27+/m1/s1. The van der Waals surface area contributed by atoms with Crippen molar-refractivity contribution in [3.05, 3.63) is 53.3 Å². The van der Waals surface area contributed by atoms with Crippen molar-refractivity contribution in [2.45, 2.75) is 64.7 Å². The summed E-state index contributed by atoms with van der Waals surface area (Å²) in [5.41, 5.74) is 1.19. The van der Waals surface area contributed by atoms with E-state index in [1.165, 1.54) is 4.90 Å². The van der Waals surface area contributed by atoms with Gasteiger partial charge in [0.2, 0.25) is 5.89 Å². The van der Waals surface area contributed by atoms with Crippen molar-refractivity contribution >= 4 is 23.9 Å². The fraction of sp³-hybridized carbons (Fsp3) is 0.552. The van der Waals surface area contributed by atoms with Gasteiger partial charge in [-0.05, 0) is 19.8 Å². The van der Waals surface area contributed by atoms with Crippen molar-refractivity contribution in [2.75, 3.05) is 26.2 Å². The molecule has 2 aliphatic heterocycles. The molecule has 0 radical (unpaired) electrons. The van der Waals surface area contributed by atoms with Gasteiger partial charge in [0.1, 0.15) is 30.5 Å². The molecule has 1 aromatic rings. The zero-order chi connectivity index (χ0) is 29.2. The number of Topliss-reactive ketones (excluding diaryl/α,β-unsaturated/α-hetero) is 1. The van der Waals surface area contributed by atoms with Gasteiger partial charge in [-0.2, -0.15) is 0 Å². The third-order valence-corrected chi connectivity index (χ3v) is 7.02. The number of nitrogens with zero attached hydrogens (tertiary/aromatic N) is 2. The van der Waals surface area contributed by atoms with E-state index in [9.17, 15) is 29.4 Å². The van der Waals surface area contributed by atoms with Gasteiger partial charge in [0, 0.05) is 50.1 Å². The minimum absolute atomic E-state index is 0.0259. The monoisotopic (exact) mass is 557 g/mol. The Hall–Kier alpha value is -3.41. The Bertz CT molecular complexity index is 1150. The van der Waals surface area contributed by atoms with Crippen molar-refractivity contribution in [1.29, 1.82) is 0 Å². The summed E-state index contributed by atoms with van der Waals surface area (Å²) in [4.78, 5) is 56.3. The van der Waals surface area contributed by atoms with Crippen LogP contribution in [0.4, 0.5) is 0 Å². The number of aliphatic hydroxyl groups excluding tert-OH is 2. The van der Waals surface area contributed by atoms with Gasteiger partial charge in [0.25, 0.3) is 5.91 Å². The molecule has 5 atom stereocenters. The van der Waals surface area contributed by atoms with E-state index in [4.69, 9.17) is 9.15 Å². The number of hydrogen-bond donors (Lipinski definition) is 3. The van der Waals surface area contributed by atoms with E-state index in [2.05, 4.69) is 10.3 Å². The van der Waals surface area contributed by atoms with Crippen LogP contribution in [-0.2, 0) is 25.5 Å². The maximum atomic E-state index is 13.3. The number of rotatable bonds is 3. The molecule has 1 amide bonds. The molecule has 2 aliphatic rings. The third-order valence-electron chi connectivity index (χ3n) is 7.02. The molecule has 1 aromatic heterocycles. The first kappa shape index (κ1) is 31.1. The fourth-order valence-corrected chi connectivity index (χ4v) is 4.96. The summed E-state index contributed by atoms with van der Waals surface area (Å²) in [6, 6.07) is -0.843. The Balaban J connectivity index is 1.89. The highest BCUT2D eigenvalue weighted by Gasteiger charge is 2.39. The molecule has 1 saturated heterocycles. The Labute approximate surface area is 234 Å². The number of aliphatic hydroxyl groups is 2. The van der Waals surface area contributed by atoms with Gasteiger partial charge >= 0.3 is 5.97 Å². The van der Waals surface area contributed by atoms with Gasteiger partial charge in [-0.1, -0.05) is 43.7 Å². The Morgan fingerprint density at radius 3 is 2.77 bits per heavy atom. The van der Waals surface area contributed by atoms with Crippen molar-refractivity contribution in [3.8, 4) is 0 Å². The number of carbonyl (C=O) groups is 4. The average Bonchev–Trinajstić information content (AvgIpc) is 3.59. The second kappa shape index (κ2) is 14.8. The number of cyclic esters (lactones) is 1. The lowest BCUT2D eigenvalue weighted by Crippen LogP contribution is -2.44. The topological polar surface area (TPSA) is 159 Å². The molecule has 11 heteroatoms. The zero-order valence-corrected chi connectivity index (χ0v) is 23.2. The van der Waals surface area contributed by atoms with E-state index in [-0.39, 0.29) is 43.4 Å². The average molecular weight is 558 g/mol. The lowest BCUT2D eigenvalue weighted by molar-refractivity contribution is -0.159. The second-order valence-electron chi connectivity index (χ2n) is 10.5. The first-order valence-electron chi connectivity index (χ1n) is 13.6. The number of aromatic nitrogens is 1. The van der Waals surface area contributed by atoms with Gasteiger partial charge in [0.05, 0.1) is 12.5 Å². The lowest BCUT2D eigenvalue weighted by Gasteiger charge is -2.30. The second-order valence-corrected chi connectivity index (χ2v) is 10.5. The highest BCUT2D eigenvalue weighted by atomic mass is 16.5. The maximum absolute atomic E-state index is 13.3. The number of aldehydes is 1. The number of ketones is 1. The van der Waals surface area contributed by atoms with Crippen molar-refractivity contribution in [3.63, 3.8) is 0 Å². The van der Waals surface area contributed by atoms with E-state index in [0.717, 1.165) is 18.1 Å². The number of carbonyl (C=O) groups excluding carboxylic acids is 4. The summed E-state index contributed by atoms with van der Waals surface area (Å²) in [5, 5.41) is 23.3. The number of esters is 1. The zero-order valence-electron chi connectivity index (χ0n) is 23.2. The van der Waals surface area contributed by atoms with Crippen LogP contribution in [0.25, 0.3) is 0 Å². The Morgan fingerprint density at radius 2 is 2.05 bits per heavy atom. The fourth-order valence-electron chi connectivity index (χ4n) is 4.96. The number of nitrogens with one attached hydrogen (secondary N) is 1. The molecular weight excluding hydrogens is 518 g/mol. The predicted molar refractivity (Wildman–Crippen MR) is 145 cm³/mol. The molecule has 1 fully saturated rings. The van der Waals surface area contributed by atoms with Crippen LogP contribution >= 0.6 is 0 Å². The van der Waals surface area contributed by atoms with E-state index in [1.54, 1.807) is 32.1 Å². The molecule has 0 unspecified atom stereocenters. The van der Waals surface area contributed by atoms with E-state index >= 15 is 0 Å². The maximum Gasteiger partial charge on any atom is 0.329 e. The minimum atomic E-state index is -1.00. The molecule has 0 saturated carbocycles. The van der Waals surface area contributed by atoms with Gasteiger partial charge in [-0.15, -0.1) is 0 Å². The molecule has 0 spiro atoms. The van der Waals surface area contributed by atoms with Crippen LogP contribution < -0.4 is 5.32 Å². The molecule has 3 N–H and O–H groups in total. The van der Waals surface area contributed by atoms with E-state index < -0.39 is 42.0 Å². The van der Waals surface area contributed by atoms with Crippen LogP contribution in [0.3, 0.4) is 0 Å². The summed E-state index contributed by atoms with van der Waals surface area (Å²) < 4.78 is 11.2. The van der Waals surface area contributed by atoms with E-state index in [1.807, 2.05) is 13.0 Å². The third kappa shape index (κ3) is 8.54. The SMILES string of the molecule is CC1=C[C@@H](O)CC(=O)Cc2nc(co2)C(=O)N2CCC[C@@H]2C(=O)O[C@H]([C@H](C)CO)[C@H](C)/C=C(\C=O)CNCC=C1. The van der Waals surface area contributed by atoms with Gasteiger partial charge in [-0.3, -0.25) is 14.4 Å². The van der Waals surface area contributed by atoms with Gasteiger partial charge in [0.15, 0.2) is 5.69 Å². The highest BCUT2D eigenvalue weighted by molar-refractivity contribution is 5.95. The number of oxazole rings is 1. The lowest BCUT2D eigenvalue weighted by atomic mass is 9.92. The number of amides is 1. The molecule has 40 heavy (non-hydrogen) atoms. The summed E-state index contributed by atoms with van der Waals surface area (Å²) in [7, 11) is 0. The summed E-state index contributed by atoms with van der Waals surface area (Å²) in [6.45, 7) is 6.17. The highest BCUT2D eigenvalue weighted by Crippen LogP contribution is 2.25. The molecule has 3 heterocycles.